The molecule has 0 saturated carbocycles. The van der Waals surface area contributed by atoms with Crippen LogP contribution in [0, 0.1) is 5.41 Å². The lowest BCUT2D eigenvalue weighted by Gasteiger charge is -2.40. The fourth-order valence-electron chi connectivity index (χ4n) is 4.30. The number of carbonyl (C=O) groups excluding carboxylic acids is 1. The number of carbonyl (C=O) groups is 1. The number of hydrogen-bond acceptors (Lipinski definition) is 3. The molecule has 138 valence electrons. The molecular weight excluding hydrogens is 344 g/mol. The van der Waals surface area contributed by atoms with Crippen LogP contribution in [-0.4, -0.2) is 50.0 Å². The molecule has 4 rings (SSSR count). The zero-order valence-electron chi connectivity index (χ0n) is 15.3. The Balaban J connectivity index is 1.36. The molecule has 2 N–H and O–H groups in total. The third kappa shape index (κ3) is 3.43. The van der Waals surface area contributed by atoms with E-state index in [9.17, 15) is 4.79 Å². The van der Waals surface area contributed by atoms with Gasteiger partial charge in [-0.05, 0) is 41.7 Å². The van der Waals surface area contributed by atoms with Crippen molar-refractivity contribution < 1.29 is 4.79 Å². The van der Waals surface area contributed by atoms with Crippen molar-refractivity contribution in [2.45, 2.75) is 25.7 Å². The number of fused-ring (bicyclic) bond motifs is 1. The van der Waals surface area contributed by atoms with Crippen molar-refractivity contribution in [3.05, 3.63) is 35.2 Å². The van der Waals surface area contributed by atoms with Crippen molar-refractivity contribution in [2.75, 3.05) is 33.2 Å². The lowest BCUT2D eigenvalue weighted by Crippen LogP contribution is -2.51. The summed E-state index contributed by atoms with van der Waals surface area (Å²) in [6, 6.07) is 8.58. The predicted octanol–water partition coefficient (Wildman–Crippen LogP) is 2.62. The molecule has 2 fully saturated rings. The van der Waals surface area contributed by atoms with Crippen LogP contribution in [0.5, 0.6) is 0 Å². The second kappa shape index (κ2) is 7.27. The first-order valence-corrected chi connectivity index (χ1v) is 10.2. The van der Waals surface area contributed by atoms with Gasteiger partial charge < -0.3 is 15.5 Å². The Morgan fingerprint density at radius 2 is 2.31 bits per heavy atom. The van der Waals surface area contributed by atoms with Crippen molar-refractivity contribution in [1.29, 1.82) is 0 Å². The maximum Gasteiger partial charge on any atom is 0.220 e. The third-order valence-corrected chi connectivity index (χ3v) is 6.62. The minimum Gasteiger partial charge on any atom is -0.356 e. The van der Waals surface area contributed by atoms with E-state index in [1.165, 1.54) is 15.6 Å². The normalized spacial score (nSPS) is 23.7. The maximum atomic E-state index is 11.7. The highest BCUT2D eigenvalue weighted by atomic mass is 32.1. The van der Waals surface area contributed by atoms with Crippen LogP contribution in [0.15, 0.2) is 34.6 Å². The smallest absolute Gasteiger partial charge is 0.220 e. The number of rotatable bonds is 3. The predicted molar refractivity (Wildman–Crippen MR) is 108 cm³/mol. The number of likely N-dealkylation sites (tertiary alicyclic amines) is 1. The van der Waals surface area contributed by atoms with Gasteiger partial charge in [0.05, 0.1) is 0 Å². The SMILES string of the molecule is CN=C(NCCc1csc2ccccc12)N1CCCC2(CNC(=O)C2)C1. The van der Waals surface area contributed by atoms with Crippen LogP contribution in [-0.2, 0) is 11.2 Å². The Morgan fingerprint density at radius 3 is 3.12 bits per heavy atom. The van der Waals surface area contributed by atoms with Crippen LogP contribution >= 0.6 is 11.3 Å². The summed E-state index contributed by atoms with van der Waals surface area (Å²) in [6.07, 6.45) is 3.88. The summed E-state index contributed by atoms with van der Waals surface area (Å²) in [4.78, 5) is 18.5. The van der Waals surface area contributed by atoms with E-state index >= 15 is 0 Å². The summed E-state index contributed by atoms with van der Waals surface area (Å²) >= 11 is 1.81. The van der Waals surface area contributed by atoms with E-state index in [2.05, 4.69) is 50.2 Å². The van der Waals surface area contributed by atoms with Gasteiger partial charge in [-0.2, -0.15) is 0 Å². The van der Waals surface area contributed by atoms with Crippen molar-refractivity contribution in [3.8, 4) is 0 Å². The molecule has 1 aromatic heterocycles. The molecule has 1 unspecified atom stereocenters. The summed E-state index contributed by atoms with van der Waals surface area (Å²) in [5, 5.41) is 10.2. The molecule has 2 aliphatic heterocycles. The highest BCUT2D eigenvalue weighted by Gasteiger charge is 2.42. The number of nitrogens with one attached hydrogen (secondary N) is 2. The molecule has 5 nitrogen and oxygen atoms in total. The average molecular weight is 371 g/mol. The lowest BCUT2D eigenvalue weighted by molar-refractivity contribution is -0.119. The molecule has 0 bridgehead atoms. The highest BCUT2D eigenvalue weighted by molar-refractivity contribution is 7.17. The Hall–Kier alpha value is -2.08. The molecular formula is C20H26N4OS. The van der Waals surface area contributed by atoms with Crippen molar-refractivity contribution >= 4 is 33.3 Å². The summed E-state index contributed by atoms with van der Waals surface area (Å²) < 4.78 is 1.35. The Kier molecular flexibility index (Phi) is 4.85. The van der Waals surface area contributed by atoms with Crippen LogP contribution < -0.4 is 10.6 Å². The van der Waals surface area contributed by atoms with Crippen LogP contribution in [0.1, 0.15) is 24.8 Å². The van der Waals surface area contributed by atoms with Crippen molar-refractivity contribution in [1.82, 2.24) is 15.5 Å². The first kappa shape index (κ1) is 17.3. The Labute approximate surface area is 158 Å². The van der Waals surface area contributed by atoms with Crippen LogP contribution in [0.3, 0.4) is 0 Å². The largest absolute Gasteiger partial charge is 0.356 e. The number of amides is 1. The fraction of sp³-hybridized carbons (Fsp3) is 0.500. The number of nitrogens with zero attached hydrogens (tertiary/aromatic N) is 2. The number of guanidine groups is 1. The molecule has 6 heteroatoms. The van der Waals surface area contributed by atoms with Gasteiger partial charge in [-0.15, -0.1) is 11.3 Å². The van der Waals surface area contributed by atoms with E-state index < -0.39 is 0 Å². The van der Waals surface area contributed by atoms with E-state index in [-0.39, 0.29) is 11.3 Å². The quantitative estimate of drug-likeness (QED) is 0.645. The number of piperidine rings is 1. The molecule has 3 heterocycles. The highest BCUT2D eigenvalue weighted by Crippen LogP contribution is 2.36. The van der Waals surface area contributed by atoms with E-state index in [1.807, 2.05) is 18.4 Å². The first-order valence-electron chi connectivity index (χ1n) is 9.37. The number of benzene rings is 1. The van der Waals surface area contributed by atoms with E-state index in [0.717, 1.165) is 51.4 Å². The molecule has 2 aromatic rings. The molecule has 1 amide bonds. The summed E-state index contributed by atoms with van der Waals surface area (Å²) in [5.74, 6) is 1.15. The standard InChI is InChI=1S/C20H26N4OS/c1-21-19(24-10-4-8-20(14-24)11-18(25)23-13-20)22-9-7-15-12-26-17-6-3-2-5-16(15)17/h2-3,5-6,12H,4,7-11,13-14H2,1H3,(H,21,22)(H,23,25). The van der Waals surface area contributed by atoms with Gasteiger partial charge in [0.15, 0.2) is 5.96 Å². The first-order chi connectivity index (χ1) is 12.7. The minimum absolute atomic E-state index is 0.0938. The van der Waals surface area contributed by atoms with Gasteiger partial charge in [0.2, 0.25) is 5.91 Å². The van der Waals surface area contributed by atoms with Gasteiger partial charge in [-0.3, -0.25) is 9.79 Å². The lowest BCUT2D eigenvalue weighted by atomic mass is 9.79. The Morgan fingerprint density at radius 1 is 1.42 bits per heavy atom. The zero-order chi connectivity index (χ0) is 18.0. The van der Waals surface area contributed by atoms with Crippen LogP contribution in [0.4, 0.5) is 0 Å². The van der Waals surface area contributed by atoms with Crippen LogP contribution in [0.25, 0.3) is 10.1 Å². The second-order valence-corrected chi connectivity index (χ2v) is 8.37. The third-order valence-electron chi connectivity index (χ3n) is 5.61. The molecule has 0 radical (unpaired) electrons. The average Bonchev–Trinajstić information content (AvgIpc) is 3.22. The van der Waals surface area contributed by atoms with Gasteiger partial charge in [0, 0.05) is 49.8 Å². The molecule has 1 aromatic carbocycles. The summed E-state index contributed by atoms with van der Waals surface area (Å²) in [6.45, 7) is 3.60. The maximum absolute atomic E-state index is 11.7. The Bertz CT molecular complexity index is 830. The van der Waals surface area contributed by atoms with Gasteiger partial charge in [0.1, 0.15) is 0 Å². The molecule has 1 atom stereocenters. The van der Waals surface area contributed by atoms with Gasteiger partial charge in [0.25, 0.3) is 0 Å². The minimum atomic E-state index is 0.0938. The van der Waals surface area contributed by atoms with E-state index in [0.29, 0.717) is 6.42 Å². The van der Waals surface area contributed by atoms with Gasteiger partial charge in [-0.1, -0.05) is 18.2 Å². The molecule has 0 aliphatic carbocycles. The molecule has 26 heavy (non-hydrogen) atoms. The van der Waals surface area contributed by atoms with Crippen LogP contribution in [0.2, 0.25) is 0 Å². The fourth-order valence-corrected chi connectivity index (χ4v) is 5.29. The molecule has 1 spiro atoms. The second-order valence-electron chi connectivity index (χ2n) is 7.46. The number of hydrogen-bond donors (Lipinski definition) is 2. The molecule has 2 saturated heterocycles. The van der Waals surface area contributed by atoms with Crippen molar-refractivity contribution in [2.24, 2.45) is 10.4 Å². The van der Waals surface area contributed by atoms with E-state index in [4.69, 9.17) is 0 Å². The molecule has 2 aliphatic rings. The summed E-state index contributed by atoms with van der Waals surface area (Å²) in [7, 11) is 1.85. The number of thiophene rings is 1. The summed E-state index contributed by atoms with van der Waals surface area (Å²) in [5.41, 5.74) is 1.49. The number of aliphatic imine (C=N–C) groups is 1. The van der Waals surface area contributed by atoms with Gasteiger partial charge in [-0.25, -0.2) is 0 Å². The monoisotopic (exact) mass is 370 g/mol. The topological polar surface area (TPSA) is 56.7 Å². The van der Waals surface area contributed by atoms with Crippen molar-refractivity contribution in [3.63, 3.8) is 0 Å². The van der Waals surface area contributed by atoms with Gasteiger partial charge >= 0.3 is 0 Å². The zero-order valence-corrected chi connectivity index (χ0v) is 16.1. The van der Waals surface area contributed by atoms with E-state index in [1.54, 1.807) is 0 Å².